The molecule has 20 heavy (non-hydrogen) atoms. The average molecular weight is 293 g/mol. The number of hydrogen-bond donors (Lipinski definition) is 2. The van der Waals surface area contributed by atoms with Gasteiger partial charge in [0.2, 0.25) is 5.16 Å². The summed E-state index contributed by atoms with van der Waals surface area (Å²) in [5.41, 5.74) is 1.05. The number of rotatable bonds is 8. The van der Waals surface area contributed by atoms with Crippen molar-refractivity contribution in [3.05, 3.63) is 29.8 Å². The van der Waals surface area contributed by atoms with Crippen LogP contribution in [0.2, 0.25) is 0 Å². The molecule has 0 aliphatic rings. The third-order valence-electron chi connectivity index (χ3n) is 2.70. The number of tetrazole rings is 1. The fraction of sp³-hybridized carbons (Fsp3) is 0.462. The smallest absolute Gasteiger partial charge is 0.209 e. The molecule has 1 aromatic carbocycles. The van der Waals surface area contributed by atoms with Crippen LogP contribution in [0.25, 0.3) is 0 Å². The number of phenols is 1. The molecular formula is C13H19N5OS. The summed E-state index contributed by atoms with van der Waals surface area (Å²) >= 11 is 1.57. The summed E-state index contributed by atoms with van der Waals surface area (Å²) in [5, 5.41) is 25.3. The molecule has 2 N–H and O–H groups in total. The van der Waals surface area contributed by atoms with Gasteiger partial charge in [0.05, 0.1) is 6.54 Å². The molecule has 108 valence electrons. The maximum atomic E-state index is 9.43. The molecule has 2 aromatic rings. The fourth-order valence-corrected chi connectivity index (χ4v) is 2.57. The van der Waals surface area contributed by atoms with Crippen molar-refractivity contribution < 1.29 is 5.11 Å². The summed E-state index contributed by atoms with van der Waals surface area (Å²) in [6, 6.07) is 7.23. The van der Waals surface area contributed by atoms with E-state index < -0.39 is 0 Å². The number of nitrogens with one attached hydrogen (secondary N) is 1. The first-order valence-electron chi connectivity index (χ1n) is 6.67. The molecule has 0 saturated heterocycles. The van der Waals surface area contributed by atoms with E-state index in [0.29, 0.717) is 0 Å². The van der Waals surface area contributed by atoms with E-state index >= 15 is 0 Å². The minimum Gasteiger partial charge on any atom is -0.508 e. The zero-order valence-corrected chi connectivity index (χ0v) is 12.3. The molecule has 0 aliphatic carbocycles. The van der Waals surface area contributed by atoms with E-state index in [1.54, 1.807) is 28.6 Å². The second-order valence-electron chi connectivity index (χ2n) is 4.39. The highest BCUT2D eigenvalue weighted by Gasteiger charge is 2.07. The summed E-state index contributed by atoms with van der Waals surface area (Å²) < 4.78 is 1.80. The van der Waals surface area contributed by atoms with Crippen molar-refractivity contribution in [2.45, 2.75) is 30.8 Å². The highest BCUT2D eigenvalue weighted by molar-refractivity contribution is 7.98. The molecule has 0 unspecified atom stereocenters. The fourth-order valence-electron chi connectivity index (χ4n) is 1.72. The van der Waals surface area contributed by atoms with Crippen molar-refractivity contribution in [3.63, 3.8) is 0 Å². The van der Waals surface area contributed by atoms with E-state index in [1.165, 1.54) is 0 Å². The lowest BCUT2D eigenvalue weighted by Crippen LogP contribution is -2.21. The Morgan fingerprint density at radius 2 is 2.25 bits per heavy atom. The molecule has 1 heterocycles. The number of aromatic hydroxyl groups is 1. The summed E-state index contributed by atoms with van der Waals surface area (Å²) in [7, 11) is 0. The summed E-state index contributed by atoms with van der Waals surface area (Å²) in [6.07, 6.45) is 1.12. The van der Waals surface area contributed by atoms with Crippen molar-refractivity contribution in [2.24, 2.45) is 0 Å². The normalized spacial score (nSPS) is 10.8. The Labute approximate surface area is 122 Å². The third-order valence-corrected chi connectivity index (χ3v) is 3.73. The Balaban J connectivity index is 1.85. The van der Waals surface area contributed by atoms with Crippen LogP contribution in [0.15, 0.2) is 29.4 Å². The number of hydrogen-bond acceptors (Lipinski definition) is 6. The quantitative estimate of drug-likeness (QED) is 0.569. The molecule has 0 saturated carbocycles. The zero-order chi connectivity index (χ0) is 14.2. The molecule has 0 amide bonds. The SMILES string of the molecule is CCCNCCn1nnnc1SCc1cccc(O)c1. The predicted octanol–water partition coefficient (Wildman–Crippen LogP) is 1.67. The maximum absolute atomic E-state index is 9.43. The Morgan fingerprint density at radius 1 is 1.35 bits per heavy atom. The molecule has 1 aromatic heterocycles. The highest BCUT2D eigenvalue weighted by atomic mass is 32.2. The van der Waals surface area contributed by atoms with Crippen LogP contribution in [0, 0.1) is 0 Å². The first-order chi connectivity index (χ1) is 9.79. The van der Waals surface area contributed by atoms with Crippen molar-refractivity contribution >= 4 is 11.8 Å². The molecule has 0 fully saturated rings. The Morgan fingerprint density at radius 3 is 3.05 bits per heavy atom. The van der Waals surface area contributed by atoms with E-state index in [4.69, 9.17) is 0 Å². The number of nitrogens with zero attached hydrogens (tertiary/aromatic N) is 4. The minimum absolute atomic E-state index is 0.284. The molecule has 2 rings (SSSR count). The molecule has 0 radical (unpaired) electrons. The predicted molar refractivity (Wildman–Crippen MR) is 78.6 cm³/mol. The van der Waals surface area contributed by atoms with E-state index in [1.807, 2.05) is 12.1 Å². The van der Waals surface area contributed by atoms with Crippen LogP contribution in [0.5, 0.6) is 5.75 Å². The zero-order valence-electron chi connectivity index (χ0n) is 11.5. The van der Waals surface area contributed by atoms with E-state index in [-0.39, 0.29) is 5.75 Å². The van der Waals surface area contributed by atoms with Crippen LogP contribution in [-0.4, -0.2) is 38.4 Å². The van der Waals surface area contributed by atoms with Crippen LogP contribution in [-0.2, 0) is 12.3 Å². The molecule has 0 bridgehead atoms. The standard InChI is InChI=1S/C13H19N5OS/c1-2-6-14-7-8-18-13(15-16-17-18)20-10-11-4-3-5-12(19)9-11/h3-5,9,14,19H,2,6-8,10H2,1H3. The van der Waals surface area contributed by atoms with Crippen LogP contribution in [0.1, 0.15) is 18.9 Å². The van der Waals surface area contributed by atoms with Gasteiger partial charge < -0.3 is 10.4 Å². The van der Waals surface area contributed by atoms with Crippen LogP contribution < -0.4 is 5.32 Å². The van der Waals surface area contributed by atoms with E-state index in [0.717, 1.165) is 42.5 Å². The van der Waals surface area contributed by atoms with Crippen LogP contribution in [0.3, 0.4) is 0 Å². The Hall–Kier alpha value is -1.60. The number of thioether (sulfide) groups is 1. The third kappa shape index (κ3) is 4.50. The minimum atomic E-state index is 0.284. The first-order valence-corrected chi connectivity index (χ1v) is 7.65. The monoisotopic (exact) mass is 293 g/mol. The van der Waals surface area contributed by atoms with Gasteiger partial charge in [-0.25, -0.2) is 4.68 Å². The number of aromatic nitrogens is 4. The molecule has 0 aliphatic heterocycles. The van der Waals surface area contributed by atoms with Gasteiger partial charge in [-0.3, -0.25) is 0 Å². The first kappa shape index (κ1) is 14.8. The van der Waals surface area contributed by atoms with Gasteiger partial charge in [0.1, 0.15) is 5.75 Å². The summed E-state index contributed by atoms with van der Waals surface area (Å²) in [5.74, 6) is 1.02. The lowest BCUT2D eigenvalue weighted by atomic mass is 10.2. The molecule has 7 heteroatoms. The van der Waals surface area contributed by atoms with Crippen LogP contribution >= 0.6 is 11.8 Å². The lowest BCUT2D eigenvalue weighted by molar-refractivity contribution is 0.475. The number of benzene rings is 1. The second kappa shape index (κ2) is 7.86. The van der Waals surface area contributed by atoms with Crippen molar-refractivity contribution in [1.29, 1.82) is 0 Å². The van der Waals surface area contributed by atoms with Crippen molar-refractivity contribution in [3.8, 4) is 5.75 Å². The largest absolute Gasteiger partial charge is 0.508 e. The van der Waals surface area contributed by atoms with Gasteiger partial charge in [0, 0.05) is 12.3 Å². The second-order valence-corrected chi connectivity index (χ2v) is 5.34. The van der Waals surface area contributed by atoms with E-state index in [9.17, 15) is 5.11 Å². The average Bonchev–Trinajstić information content (AvgIpc) is 2.89. The highest BCUT2D eigenvalue weighted by Crippen LogP contribution is 2.21. The van der Waals surface area contributed by atoms with Gasteiger partial charge in [-0.15, -0.1) is 5.10 Å². The van der Waals surface area contributed by atoms with Gasteiger partial charge in [-0.05, 0) is 41.1 Å². The molecular weight excluding hydrogens is 274 g/mol. The van der Waals surface area contributed by atoms with E-state index in [2.05, 4.69) is 27.8 Å². The van der Waals surface area contributed by atoms with Gasteiger partial charge in [0.25, 0.3) is 0 Å². The summed E-state index contributed by atoms with van der Waals surface area (Å²) in [4.78, 5) is 0. The van der Waals surface area contributed by atoms with Gasteiger partial charge in [0.15, 0.2) is 0 Å². The van der Waals surface area contributed by atoms with Crippen molar-refractivity contribution in [2.75, 3.05) is 13.1 Å². The van der Waals surface area contributed by atoms with Crippen molar-refractivity contribution in [1.82, 2.24) is 25.5 Å². The number of phenolic OH excluding ortho intramolecular Hbond substituents is 1. The van der Waals surface area contributed by atoms with Crippen LogP contribution in [0.4, 0.5) is 0 Å². The Kier molecular flexibility index (Phi) is 5.82. The summed E-state index contributed by atoms with van der Waals surface area (Å²) in [6.45, 7) is 4.77. The van der Waals surface area contributed by atoms with Gasteiger partial charge >= 0.3 is 0 Å². The lowest BCUT2D eigenvalue weighted by Gasteiger charge is -2.05. The Bertz CT molecular complexity index is 531. The van der Waals surface area contributed by atoms with Gasteiger partial charge in [-0.2, -0.15) is 0 Å². The van der Waals surface area contributed by atoms with Gasteiger partial charge in [-0.1, -0.05) is 30.8 Å². The molecule has 0 spiro atoms. The topological polar surface area (TPSA) is 75.9 Å². The molecule has 6 nitrogen and oxygen atoms in total. The molecule has 0 atom stereocenters. The maximum Gasteiger partial charge on any atom is 0.209 e.